The Morgan fingerprint density at radius 2 is 1.21 bits per heavy atom. The molecule has 0 saturated heterocycles. The van der Waals surface area contributed by atoms with Crippen molar-refractivity contribution in [1.82, 2.24) is 15.1 Å². The highest BCUT2D eigenvalue weighted by molar-refractivity contribution is 5.50. The van der Waals surface area contributed by atoms with E-state index >= 15 is 0 Å². The third kappa shape index (κ3) is 3.73. The minimum Gasteiger partial charge on any atom is -0.395 e. The van der Waals surface area contributed by atoms with E-state index in [0.717, 1.165) is 22.4 Å². The molecule has 4 nitrogen and oxygen atoms in total. The summed E-state index contributed by atoms with van der Waals surface area (Å²) in [6.45, 7) is 1.28. The summed E-state index contributed by atoms with van der Waals surface area (Å²) in [6, 6.07) is 33.5. The highest BCUT2D eigenvalue weighted by Gasteiger charge is 2.39. The first kappa shape index (κ1) is 19.1. The van der Waals surface area contributed by atoms with Crippen molar-refractivity contribution in [1.29, 1.82) is 0 Å². The Morgan fingerprint density at radius 3 is 1.66 bits per heavy atom. The van der Waals surface area contributed by atoms with Gasteiger partial charge in [0.05, 0.1) is 12.3 Å². The Kier molecular flexibility index (Phi) is 5.84. The number of nitrogens with zero attached hydrogens (tertiary/aromatic N) is 2. The van der Waals surface area contributed by atoms with Crippen LogP contribution in [0.25, 0.3) is 0 Å². The van der Waals surface area contributed by atoms with Crippen LogP contribution in [0, 0.1) is 0 Å². The van der Waals surface area contributed by atoms with Gasteiger partial charge in [-0.05, 0) is 22.8 Å². The third-order valence-corrected chi connectivity index (χ3v) is 5.16. The van der Waals surface area contributed by atoms with Crippen LogP contribution in [0.4, 0.5) is 0 Å². The van der Waals surface area contributed by atoms with Gasteiger partial charge >= 0.3 is 0 Å². The molecule has 0 atom stereocenters. The molecule has 0 aliphatic carbocycles. The molecule has 2 N–H and O–H groups in total. The molecule has 0 fully saturated rings. The zero-order valence-electron chi connectivity index (χ0n) is 16.3. The van der Waals surface area contributed by atoms with E-state index in [-0.39, 0.29) is 6.61 Å². The Morgan fingerprint density at radius 1 is 0.724 bits per heavy atom. The second-order valence-electron chi connectivity index (χ2n) is 6.96. The van der Waals surface area contributed by atoms with E-state index in [9.17, 15) is 0 Å². The Hall–Kier alpha value is -3.21. The van der Waals surface area contributed by atoms with Crippen LogP contribution in [0.2, 0.25) is 0 Å². The van der Waals surface area contributed by atoms with Gasteiger partial charge in [0, 0.05) is 19.3 Å². The van der Waals surface area contributed by atoms with Gasteiger partial charge in [0.1, 0.15) is 5.54 Å². The van der Waals surface area contributed by atoms with Crippen LogP contribution >= 0.6 is 0 Å². The van der Waals surface area contributed by atoms with E-state index in [1.165, 1.54) is 0 Å². The summed E-state index contributed by atoms with van der Waals surface area (Å²) in [5.74, 6) is 0. The summed E-state index contributed by atoms with van der Waals surface area (Å²) < 4.78 is 2.06. The van der Waals surface area contributed by atoms with Crippen molar-refractivity contribution in [2.24, 2.45) is 0 Å². The van der Waals surface area contributed by atoms with Gasteiger partial charge < -0.3 is 10.4 Å². The van der Waals surface area contributed by atoms with E-state index < -0.39 is 5.54 Å². The van der Waals surface area contributed by atoms with Gasteiger partial charge in [-0.2, -0.15) is 5.10 Å². The Bertz CT molecular complexity index is 917. The summed E-state index contributed by atoms with van der Waals surface area (Å²) in [4.78, 5) is 0. The van der Waals surface area contributed by atoms with Crippen LogP contribution in [-0.4, -0.2) is 28.0 Å². The molecule has 0 radical (unpaired) electrons. The van der Waals surface area contributed by atoms with E-state index in [2.05, 4.69) is 82.8 Å². The molecule has 29 heavy (non-hydrogen) atoms. The molecular formula is C25H25N3O. The van der Waals surface area contributed by atoms with Gasteiger partial charge in [-0.15, -0.1) is 0 Å². The second kappa shape index (κ2) is 8.86. The monoisotopic (exact) mass is 383 g/mol. The molecule has 0 aliphatic heterocycles. The number of benzene rings is 3. The number of aliphatic hydroxyl groups is 1. The topological polar surface area (TPSA) is 50.1 Å². The normalized spacial score (nSPS) is 11.5. The van der Waals surface area contributed by atoms with Crippen LogP contribution in [0.1, 0.15) is 22.4 Å². The van der Waals surface area contributed by atoms with Gasteiger partial charge in [0.2, 0.25) is 0 Å². The molecule has 146 valence electrons. The highest BCUT2D eigenvalue weighted by atomic mass is 16.3. The smallest absolute Gasteiger partial charge is 0.138 e. The van der Waals surface area contributed by atoms with E-state index in [1.54, 1.807) is 0 Å². The number of aromatic nitrogens is 2. The average molecular weight is 383 g/mol. The van der Waals surface area contributed by atoms with Crippen LogP contribution in [-0.2, 0) is 12.1 Å². The predicted octanol–water partition coefficient (Wildman–Crippen LogP) is 3.81. The number of nitrogens with one attached hydrogen (secondary N) is 1. The minimum atomic E-state index is -0.584. The fourth-order valence-corrected chi connectivity index (χ4v) is 3.87. The van der Waals surface area contributed by atoms with E-state index in [1.807, 2.05) is 30.5 Å². The third-order valence-electron chi connectivity index (χ3n) is 5.16. The molecular weight excluding hydrogens is 358 g/mol. The summed E-state index contributed by atoms with van der Waals surface area (Å²) in [6.07, 6.45) is 2.04. The van der Waals surface area contributed by atoms with Gasteiger partial charge in [-0.1, -0.05) is 91.0 Å². The van der Waals surface area contributed by atoms with Crippen molar-refractivity contribution in [3.63, 3.8) is 0 Å². The number of hydrogen-bond donors (Lipinski definition) is 2. The Labute approximate surface area is 171 Å². The average Bonchev–Trinajstić information content (AvgIpc) is 3.26. The van der Waals surface area contributed by atoms with E-state index in [0.29, 0.717) is 13.1 Å². The lowest BCUT2D eigenvalue weighted by Gasteiger charge is -2.36. The maximum Gasteiger partial charge on any atom is 0.138 e. The first-order valence-corrected chi connectivity index (χ1v) is 9.89. The molecule has 3 aromatic carbocycles. The molecule has 0 saturated carbocycles. The van der Waals surface area contributed by atoms with E-state index in [4.69, 9.17) is 10.2 Å². The Balaban J connectivity index is 1.94. The van der Waals surface area contributed by atoms with Crippen molar-refractivity contribution >= 4 is 0 Å². The quantitative estimate of drug-likeness (QED) is 0.359. The maximum absolute atomic E-state index is 9.04. The van der Waals surface area contributed by atoms with Crippen LogP contribution in [0.15, 0.2) is 103 Å². The summed E-state index contributed by atoms with van der Waals surface area (Å²) in [5.41, 5.74) is 3.80. The number of rotatable bonds is 8. The van der Waals surface area contributed by atoms with Gasteiger partial charge in [0.25, 0.3) is 0 Å². The highest BCUT2D eigenvalue weighted by Crippen LogP contribution is 2.40. The summed E-state index contributed by atoms with van der Waals surface area (Å²) in [5, 5.41) is 17.2. The maximum atomic E-state index is 9.04. The predicted molar refractivity (Wildman–Crippen MR) is 116 cm³/mol. The van der Waals surface area contributed by atoms with Crippen molar-refractivity contribution in [3.8, 4) is 0 Å². The lowest BCUT2D eigenvalue weighted by atomic mass is 9.77. The zero-order valence-corrected chi connectivity index (χ0v) is 16.3. The van der Waals surface area contributed by atoms with Crippen molar-refractivity contribution in [3.05, 3.63) is 126 Å². The molecule has 4 aromatic rings. The molecule has 0 unspecified atom stereocenters. The number of aliphatic hydroxyl groups excluding tert-OH is 1. The molecule has 0 bridgehead atoms. The molecule has 1 heterocycles. The van der Waals surface area contributed by atoms with Gasteiger partial charge in [0.15, 0.2) is 0 Å². The van der Waals surface area contributed by atoms with Crippen molar-refractivity contribution in [2.75, 3.05) is 13.2 Å². The van der Waals surface area contributed by atoms with Crippen molar-refractivity contribution in [2.45, 2.75) is 12.1 Å². The molecule has 0 spiro atoms. The standard InChI is InChI=1S/C25H25N3O/c29-19-17-26-20-24-16-18-28(27-24)25(21-10-4-1-5-11-21,22-12-6-2-7-13-22)23-14-8-3-9-15-23/h1-16,18,26,29H,17,19-20H2. The second-order valence-corrected chi connectivity index (χ2v) is 6.96. The lowest BCUT2D eigenvalue weighted by Crippen LogP contribution is -2.38. The SMILES string of the molecule is OCCNCc1ccn(C(c2ccccc2)(c2ccccc2)c2ccccc2)n1. The molecule has 4 rings (SSSR count). The fraction of sp³-hybridized carbons (Fsp3) is 0.160. The van der Waals surface area contributed by atoms with Crippen LogP contribution in [0.5, 0.6) is 0 Å². The molecule has 4 heteroatoms. The fourth-order valence-electron chi connectivity index (χ4n) is 3.87. The molecule has 1 aromatic heterocycles. The van der Waals surface area contributed by atoms with Crippen molar-refractivity contribution < 1.29 is 5.11 Å². The number of hydrogen-bond acceptors (Lipinski definition) is 3. The minimum absolute atomic E-state index is 0.114. The lowest BCUT2D eigenvalue weighted by molar-refractivity contribution is 0.291. The van der Waals surface area contributed by atoms with Gasteiger partial charge in [-0.3, -0.25) is 4.68 Å². The largest absolute Gasteiger partial charge is 0.395 e. The summed E-state index contributed by atoms with van der Waals surface area (Å²) >= 11 is 0. The van der Waals surface area contributed by atoms with Crippen LogP contribution < -0.4 is 5.32 Å². The van der Waals surface area contributed by atoms with Crippen LogP contribution in [0.3, 0.4) is 0 Å². The first-order valence-electron chi connectivity index (χ1n) is 9.89. The first-order chi connectivity index (χ1) is 14.4. The zero-order chi connectivity index (χ0) is 19.9. The summed E-state index contributed by atoms with van der Waals surface area (Å²) in [7, 11) is 0. The molecule has 0 aliphatic rings. The molecule has 0 amide bonds. The van der Waals surface area contributed by atoms with Gasteiger partial charge in [-0.25, -0.2) is 0 Å².